The van der Waals surface area contributed by atoms with Gasteiger partial charge in [-0.1, -0.05) is 60.7 Å². The molecule has 0 N–H and O–H groups in total. The molecule has 0 aliphatic carbocycles. The second-order valence-corrected chi connectivity index (χ2v) is 11.5. The monoisotopic (exact) mass is 431 g/mol. The van der Waals surface area contributed by atoms with Gasteiger partial charge in [-0.25, -0.2) is 0 Å². The summed E-state index contributed by atoms with van der Waals surface area (Å²) in [7, 11) is 0.158. The quantitative estimate of drug-likeness (QED) is 0.336. The lowest BCUT2D eigenvalue weighted by molar-refractivity contribution is 0.907. The van der Waals surface area contributed by atoms with Gasteiger partial charge in [-0.05, 0) is 54.6 Å². The van der Waals surface area contributed by atoms with Gasteiger partial charge in [0.2, 0.25) is 0 Å². The summed E-state index contributed by atoms with van der Waals surface area (Å²) in [6, 6.07) is 43.4. The first-order chi connectivity index (χ1) is 15.7. The average Bonchev–Trinajstić information content (AvgIpc) is 3.18. The van der Waals surface area contributed by atoms with Crippen molar-refractivity contribution in [3.63, 3.8) is 0 Å². The van der Waals surface area contributed by atoms with Crippen LogP contribution in [0.3, 0.4) is 0 Å². The van der Waals surface area contributed by atoms with Crippen LogP contribution in [-0.2, 0) is 13.2 Å². The van der Waals surface area contributed by atoms with Crippen LogP contribution in [0, 0.1) is 11.3 Å². The molecule has 0 aliphatic rings. The Bertz CT molecular complexity index is 1300. The summed E-state index contributed by atoms with van der Waals surface area (Å²) in [5.74, 6) is 0. The molecule has 0 fully saturated rings. The molecule has 1 heterocycles. The minimum Gasteiger partial charge on any atom is -0.344 e. The maximum atomic E-state index is 9.37. The van der Waals surface area contributed by atoms with E-state index in [2.05, 4.69) is 121 Å². The summed E-state index contributed by atoms with van der Waals surface area (Å²) in [4.78, 5) is 0. The normalized spacial score (nSPS) is 11.4. The highest BCUT2D eigenvalue weighted by Gasteiger charge is 2.46. The fourth-order valence-corrected chi connectivity index (χ4v) is 8.89. The third kappa shape index (κ3) is 3.42. The minimum absolute atomic E-state index is 0.695. The van der Waals surface area contributed by atoms with Crippen molar-refractivity contribution in [2.75, 3.05) is 0 Å². The van der Waals surface area contributed by atoms with E-state index in [1.807, 2.05) is 12.1 Å². The number of benzene rings is 4. The van der Waals surface area contributed by atoms with Gasteiger partial charge in [-0.15, -0.1) is 0 Å². The predicted octanol–water partition coefficient (Wildman–Crippen LogP) is 5.54. The fraction of sp³-hybridized carbons (Fsp3) is 0.0690. The third-order valence-electron chi connectivity index (χ3n) is 6.26. The molecule has 0 atom stereocenters. The largest absolute Gasteiger partial charge is 0.344 e. The Labute approximate surface area is 189 Å². The van der Waals surface area contributed by atoms with Gasteiger partial charge in [0, 0.05) is 18.0 Å². The first-order valence-corrected chi connectivity index (χ1v) is 12.7. The Kier molecular flexibility index (Phi) is 5.36. The molecule has 0 radical (unpaired) electrons. The standard InChI is InChI=1S/C29H24N2P/c1-31-25(20-24-18-17-23(21-30)19-29(24)31)22-32(26-11-5-2-6-12-26,27-13-7-3-8-14-27)28-15-9-4-10-16-28/h2-20H,22H2,1H3/q+1. The molecule has 32 heavy (non-hydrogen) atoms. The van der Waals surface area contributed by atoms with Crippen LogP contribution in [-0.4, -0.2) is 4.57 Å². The third-order valence-corrected chi connectivity index (χ3v) is 10.6. The lowest BCUT2D eigenvalue weighted by atomic mass is 10.2. The fourth-order valence-electron chi connectivity index (χ4n) is 4.62. The number of fused-ring (bicyclic) bond motifs is 1. The highest BCUT2D eigenvalue weighted by atomic mass is 31.2. The Hall–Kier alpha value is -3.66. The number of nitriles is 1. The van der Waals surface area contributed by atoms with E-state index in [1.165, 1.54) is 27.0 Å². The molecular weight excluding hydrogens is 407 g/mol. The topological polar surface area (TPSA) is 28.7 Å². The van der Waals surface area contributed by atoms with Crippen molar-refractivity contribution < 1.29 is 0 Å². The highest BCUT2D eigenvalue weighted by Crippen LogP contribution is 2.58. The van der Waals surface area contributed by atoms with Gasteiger partial charge >= 0.3 is 0 Å². The van der Waals surface area contributed by atoms with Crippen molar-refractivity contribution in [3.05, 3.63) is 127 Å². The molecule has 4 aromatic carbocycles. The summed E-state index contributed by atoms with van der Waals surface area (Å²) in [5.41, 5.74) is 3.08. The molecule has 0 saturated carbocycles. The van der Waals surface area contributed by atoms with Crippen LogP contribution in [0.2, 0.25) is 0 Å². The first kappa shape index (κ1) is 20.3. The van der Waals surface area contributed by atoms with E-state index in [0.29, 0.717) is 5.56 Å². The number of nitrogens with zero attached hydrogens (tertiary/aromatic N) is 2. The summed E-state index contributed by atoms with van der Waals surface area (Å²) in [5, 5.41) is 14.7. The number of aryl methyl sites for hydroxylation is 1. The SMILES string of the molecule is Cn1c(C[P+](c2ccccc2)(c2ccccc2)c2ccccc2)cc2ccc(C#N)cc21. The van der Waals surface area contributed by atoms with Crippen LogP contribution < -0.4 is 15.9 Å². The van der Waals surface area contributed by atoms with Crippen molar-refractivity contribution in [2.45, 2.75) is 6.16 Å². The molecule has 0 bridgehead atoms. The molecule has 0 unspecified atom stereocenters. The second kappa shape index (κ2) is 8.46. The number of hydrogen-bond donors (Lipinski definition) is 0. The van der Waals surface area contributed by atoms with Crippen LogP contribution >= 0.6 is 7.26 Å². The summed E-state index contributed by atoms with van der Waals surface area (Å²) < 4.78 is 2.26. The molecule has 0 aliphatic heterocycles. The zero-order chi connectivity index (χ0) is 22.0. The van der Waals surface area contributed by atoms with E-state index >= 15 is 0 Å². The second-order valence-electron chi connectivity index (χ2n) is 8.05. The molecule has 5 rings (SSSR count). The maximum absolute atomic E-state index is 9.37. The zero-order valence-electron chi connectivity index (χ0n) is 18.0. The molecule has 154 valence electrons. The van der Waals surface area contributed by atoms with Gasteiger partial charge in [0.15, 0.2) is 0 Å². The molecule has 0 amide bonds. The number of hydrogen-bond acceptors (Lipinski definition) is 1. The van der Waals surface area contributed by atoms with Crippen LogP contribution in [0.5, 0.6) is 0 Å². The van der Waals surface area contributed by atoms with Crippen molar-refractivity contribution in [3.8, 4) is 6.07 Å². The van der Waals surface area contributed by atoms with Crippen LogP contribution in [0.15, 0.2) is 115 Å². The summed E-state index contributed by atoms with van der Waals surface area (Å²) in [6.45, 7) is 0. The van der Waals surface area contributed by atoms with Gasteiger partial charge in [0.25, 0.3) is 0 Å². The van der Waals surface area contributed by atoms with E-state index < -0.39 is 7.26 Å². The van der Waals surface area contributed by atoms with E-state index in [-0.39, 0.29) is 0 Å². The van der Waals surface area contributed by atoms with E-state index in [1.54, 1.807) is 0 Å². The lowest BCUT2D eigenvalue weighted by Crippen LogP contribution is -2.32. The van der Waals surface area contributed by atoms with Gasteiger partial charge < -0.3 is 4.57 Å². The Morgan fingerprint density at radius 2 is 1.19 bits per heavy atom. The lowest BCUT2D eigenvalue weighted by Gasteiger charge is -2.28. The Morgan fingerprint density at radius 3 is 1.66 bits per heavy atom. The van der Waals surface area contributed by atoms with Gasteiger partial charge in [-0.2, -0.15) is 5.26 Å². The van der Waals surface area contributed by atoms with Crippen LogP contribution in [0.4, 0.5) is 0 Å². The molecular formula is C29H24N2P+. The van der Waals surface area contributed by atoms with Gasteiger partial charge in [0.05, 0.1) is 17.3 Å². The first-order valence-electron chi connectivity index (χ1n) is 10.8. The minimum atomic E-state index is -1.96. The summed E-state index contributed by atoms with van der Waals surface area (Å²) in [6.07, 6.45) is 0.915. The van der Waals surface area contributed by atoms with Crippen molar-refractivity contribution in [1.82, 2.24) is 4.57 Å². The predicted molar refractivity (Wildman–Crippen MR) is 136 cm³/mol. The van der Waals surface area contributed by atoms with Crippen LogP contribution in [0.1, 0.15) is 11.3 Å². The Balaban J connectivity index is 1.79. The molecule has 1 aromatic heterocycles. The molecule has 5 aromatic rings. The number of aromatic nitrogens is 1. The van der Waals surface area contributed by atoms with Gasteiger partial charge in [-0.3, -0.25) is 0 Å². The van der Waals surface area contributed by atoms with Gasteiger partial charge in [0.1, 0.15) is 29.3 Å². The smallest absolute Gasteiger partial charge is 0.118 e. The van der Waals surface area contributed by atoms with E-state index in [9.17, 15) is 5.26 Å². The van der Waals surface area contributed by atoms with Crippen molar-refractivity contribution in [1.29, 1.82) is 5.26 Å². The van der Waals surface area contributed by atoms with E-state index in [0.717, 1.165) is 11.7 Å². The highest BCUT2D eigenvalue weighted by molar-refractivity contribution is 7.95. The molecule has 0 saturated heterocycles. The van der Waals surface area contributed by atoms with Crippen LogP contribution in [0.25, 0.3) is 10.9 Å². The average molecular weight is 431 g/mol. The van der Waals surface area contributed by atoms with Crippen molar-refractivity contribution in [2.24, 2.45) is 7.05 Å². The molecule has 3 heteroatoms. The molecule has 0 spiro atoms. The zero-order valence-corrected chi connectivity index (χ0v) is 18.9. The maximum Gasteiger partial charge on any atom is 0.118 e. The number of rotatable bonds is 5. The van der Waals surface area contributed by atoms with Crippen molar-refractivity contribution >= 4 is 34.1 Å². The molecule has 2 nitrogen and oxygen atoms in total. The Morgan fingerprint density at radius 1 is 0.688 bits per heavy atom. The summed E-state index contributed by atoms with van der Waals surface area (Å²) >= 11 is 0. The van der Waals surface area contributed by atoms with E-state index in [4.69, 9.17) is 0 Å².